The van der Waals surface area contributed by atoms with Crippen LogP contribution in [0.15, 0.2) is 0 Å². The molecule has 1 saturated carbocycles. The maximum absolute atomic E-state index is 11.8. The van der Waals surface area contributed by atoms with Gasteiger partial charge in [0.2, 0.25) is 0 Å². The molecule has 2 atom stereocenters. The van der Waals surface area contributed by atoms with Crippen LogP contribution >= 0.6 is 0 Å². The van der Waals surface area contributed by atoms with Gasteiger partial charge in [0, 0.05) is 6.61 Å². The first-order valence-corrected chi connectivity index (χ1v) is 7.45. The fourth-order valence-electron chi connectivity index (χ4n) is 1.56. The SMILES string of the molecule is C[C@H](NC(=O)OC(C)(C)C)C(=O)O[C@@H](C)COCC1CC1. The average molecular weight is 301 g/mol. The molecule has 1 fully saturated rings. The van der Waals surface area contributed by atoms with Gasteiger partial charge >= 0.3 is 12.1 Å². The van der Waals surface area contributed by atoms with E-state index in [-0.39, 0.29) is 6.10 Å². The van der Waals surface area contributed by atoms with Crippen molar-refractivity contribution >= 4 is 12.1 Å². The van der Waals surface area contributed by atoms with Gasteiger partial charge in [-0.15, -0.1) is 0 Å². The van der Waals surface area contributed by atoms with Crippen molar-refractivity contribution in [3.63, 3.8) is 0 Å². The summed E-state index contributed by atoms with van der Waals surface area (Å²) in [5, 5.41) is 2.45. The first kappa shape index (κ1) is 17.8. The summed E-state index contributed by atoms with van der Waals surface area (Å²) in [4.78, 5) is 23.4. The van der Waals surface area contributed by atoms with Crippen molar-refractivity contribution in [1.82, 2.24) is 5.32 Å². The Morgan fingerprint density at radius 2 is 1.86 bits per heavy atom. The highest BCUT2D eigenvalue weighted by molar-refractivity contribution is 5.81. The van der Waals surface area contributed by atoms with Crippen molar-refractivity contribution in [2.24, 2.45) is 5.92 Å². The number of carbonyl (C=O) groups excluding carboxylic acids is 2. The number of carbonyl (C=O) groups is 2. The lowest BCUT2D eigenvalue weighted by molar-refractivity contribution is -0.153. The highest BCUT2D eigenvalue weighted by Gasteiger charge is 2.24. The van der Waals surface area contributed by atoms with Crippen LogP contribution in [0.2, 0.25) is 0 Å². The maximum atomic E-state index is 11.8. The third-order valence-electron chi connectivity index (χ3n) is 2.81. The molecular formula is C15H27NO5. The summed E-state index contributed by atoms with van der Waals surface area (Å²) in [6.07, 6.45) is 1.49. The fraction of sp³-hybridized carbons (Fsp3) is 0.867. The van der Waals surface area contributed by atoms with E-state index < -0.39 is 23.7 Å². The fourth-order valence-corrected chi connectivity index (χ4v) is 1.56. The Kier molecular flexibility index (Phi) is 6.45. The smallest absolute Gasteiger partial charge is 0.408 e. The van der Waals surface area contributed by atoms with E-state index in [1.54, 1.807) is 34.6 Å². The number of amides is 1. The molecule has 6 heteroatoms. The molecule has 6 nitrogen and oxygen atoms in total. The molecule has 1 aliphatic carbocycles. The second-order valence-electron chi connectivity index (χ2n) is 6.60. The number of alkyl carbamates (subject to hydrolysis) is 1. The van der Waals surface area contributed by atoms with Gasteiger partial charge in [-0.2, -0.15) is 0 Å². The minimum atomic E-state index is -0.759. The van der Waals surface area contributed by atoms with Gasteiger partial charge in [-0.1, -0.05) is 0 Å². The molecule has 0 saturated heterocycles. The molecule has 0 unspecified atom stereocenters. The first-order chi connectivity index (χ1) is 9.67. The van der Waals surface area contributed by atoms with E-state index in [1.807, 2.05) is 0 Å². The first-order valence-electron chi connectivity index (χ1n) is 7.45. The second kappa shape index (κ2) is 7.64. The average Bonchev–Trinajstić information content (AvgIpc) is 3.09. The Balaban J connectivity index is 2.20. The zero-order valence-corrected chi connectivity index (χ0v) is 13.6. The summed E-state index contributed by atoms with van der Waals surface area (Å²) in [5.74, 6) is 0.184. The predicted molar refractivity (Wildman–Crippen MR) is 77.9 cm³/mol. The molecule has 0 heterocycles. The zero-order chi connectivity index (χ0) is 16.0. The van der Waals surface area contributed by atoms with Crippen LogP contribution in [0.4, 0.5) is 4.79 Å². The van der Waals surface area contributed by atoms with Gasteiger partial charge in [0.1, 0.15) is 17.7 Å². The minimum Gasteiger partial charge on any atom is -0.459 e. The number of esters is 1. The molecule has 0 bridgehead atoms. The van der Waals surface area contributed by atoms with Crippen molar-refractivity contribution < 1.29 is 23.8 Å². The van der Waals surface area contributed by atoms with Crippen LogP contribution < -0.4 is 5.32 Å². The van der Waals surface area contributed by atoms with Crippen molar-refractivity contribution in [2.45, 2.75) is 65.2 Å². The molecule has 0 aliphatic heterocycles. The second-order valence-corrected chi connectivity index (χ2v) is 6.60. The number of rotatable bonds is 7. The topological polar surface area (TPSA) is 73.9 Å². The van der Waals surface area contributed by atoms with Crippen LogP contribution in [0.3, 0.4) is 0 Å². The van der Waals surface area contributed by atoms with E-state index in [0.717, 1.165) is 6.61 Å². The van der Waals surface area contributed by atoms with Gasteiger partial charge in [0.25, 0.3) is 0 Å². The van der Waals surface area contributed by atoms with Crippen LogP contribution in [0.5, 0.6) is 0 Å². The number of hydrogen-bond acceptors (Lipinski definition) is 5. The Hall–Kier alpha value is -1.30. The third kappa shape index (κ3) is 8.55. The van der Waals surface area contributed by atoms with Crippen molar-refractivity contribution in [1.29, 1.82) is 0 Å². The van der Waals surface area contributed by atoms with Gasteiger partial charge in [-0.3, -0.25) is 0 Å². The van der Waals surface area contributed by atoms with Gasteiger partial charge in [0.15, 0.2) is 0 Å². The predicted octanol–water partition coefficient (Wildman–Crippen LogP) is 2.26. The minimum absolute atomic E-state index is 0.334. The van der Waals surface area contributed by atoms with Gasteiger partial charge < -0.3 is 19.5 Å². The van der Waals surface area contributed by atoms with Crippen LogP contribution in [0.25, 0.3) is 0 Å². The Labute approximate surface area is 126 Å². The molecule has 1 rings (SSSR count). The summed E-state index contributed by atoms with van der Waals surface area (Å²) in [6.45, 7) is 9.71. The lowest BCUT2D eigenvalue weighted by atomic mass is 10.2. The summed E-state index contributed by atoms with van der Waals surface area (Å²) < 4.78 is 15.7. The van der Waals surface area contributed by atoms with Crippen molar-refractivity contribution in [3.05, 3.63) is 0 Å². The normalized spacial score (nSPS) is 17.8. The van der Waals surface area contributed by atoms with E-state index in [4.69, 9.17) is 14.2 Å². The third-order valence-corrected chi connectivity index (χ3v) is 2.81. The van der Waals surface area contributed by atoms with Crippen molar-refractivity contribution in [2.75, 3.05) is 13.2 Å². The zero-order valence-electron chi connectivity index (χ0n) is 13.6. The van der Waals surface area contributed by atoms with Gasteiger partial charge in [-0.05, 0) is 53.4 Å². The molecule has 0 aromatic carbocycles. The van der Waals surface area contributed by atoms with E-state index in [9.17, 15) is 9.59 Å². The molecule has 0 aromatic rings. The Bertz CT molecular complexity index is 360. The standard InChI is InChI=1S/C15H27NO5/c1-10(8-19-9-12-6-7-12)20-13(17)11(2)16-14(18)21-15(3,4)5/h10-12H,6-9H2,1-5H3,(H,16,18)/t10-,11-/m0/s1. The Morgan fingerprint density at radius 3 is 2.38 bits per heavy atom. The highest BCUT2D eigenvalue weighted by Crippen LogP contribution is 2.28. The van der Waals surface area contributed by atoms with E-state index >= 15 is 0 Å². The molecule has 0 radical (unpaired) electrons. The van der Waals surface area contributed by atoms with E-state index in [2.05, 4.69) is 5.32 Å². The number of hydrogen-bond donors (Lipinski definition) is 1. The summed E-state index contributed by atoms with van der Waals surface area (Å²) >= 11 is 0. The largest absolute Gasteiger partial charge is 0.459 e. The number of ether oxygens (including phenoxy) is 3. The monoisotopic (exact) mass is 301 g/mol. The molecule has 1 aliphatic rings. The molecule has 1 amide bonds. The van der Waals surface area contributed by atoms with Crippen LogP contribution in [0.1, 0.15) is 47.5 Å². The molecule has 122 valence electrons. The summed E-state index contributed by atoms with van der Waals surface area (Å²) in [6, 6.07) is -0.759. The molecule has 0 spiro atoms. The summed E-state index contributed by atoms with van der Waals surface area (Å²) in [7, 11) is 0. The van der Waals surface area contributed by atoms with Gasteiger partial charge in [0.05, 0.1) is 6.61 Å². The lowest BCUT2D eigenvalue weighted by Gasteiger charge is -2.22. The molecule has 0 aromatic heterocycles. The highest BCUT2D eigenvalue weighted by atomic mass is 16.6. The quantitative estimate of drug-likeness (QED) is 0.730. The molecular weight excluding hydrogens is 274 g/mol. The molecule has 21 heavy (non-hydrogen) atoms. The van der Waals surface area contributed by atoms with E-state index in [0.29, 0.717) is 12.5 Å². The summed E-state index contributed by atoms with van der Waals surface area (Å²) in [5.41, 5.74) is -0.600. The van der Waals surface area contributed by atoms with Crippen LogP contribution in [-0.4, -0.2) is 43.0 Å². The molecule has 1 N–H and O–H groups in total. The maximum Gasteiger partial charge on any atom is 0.408 e. The Morgan fingerprint density at radius 1 is 1.24 bits per heavy atom. The van der Waals surface area contributed by atoms with Gasteiger partial charge in [-0.25, -0.2) is 9.59 Å². The van der Waals surface area contributed by atoms with Crippen molar-refractivity contribution in [3.8, 4) is 0 Å². The lowest BCUT2D eigenvalue weighted by Crippen LogP contribution is -2.43. The van der Waals surface area contributed by atoms with E-state index in [1.165, 1.54) is 12.8 Å². The van der Waals surface area contributed by atoms with Crippen LogP contribution in [-0.2, 0) is 19.0 Å². The van der Waals surface area contributed by atoms with Crippen LogP contribution in [0, 0.1) is 5.92 Å². The number of nitrogens with one attached hydrogen (secondary N) is 1.